The highest BCUT2D eigenvalue weighted by Crippen LogP contribution is 2.32. The van der Waals surface area contributed by atoms with Crippen molar-refractivity contribution in [1.29, 1.82) is 0 Å². The van der Waals surface area contributed by atoms with E-state index < -0.39 is 0 Å². The van der Waals surface area contributed by atoms with Crippen molar-refractivity contribution >= 4 is 21.6 Å². The van der Waals surface area contributed by atoms with Crippen LogP contribution in [0.2, 0.25) is 0 Å². The number of rotatable bonds is 4. The second-order valence-electron chi connectivity index (χ2n) is 5.22. The van der Waals surface area contributed by atoms with Crippen LogP contribution in [-0.2, 0) is 0 Å². The Bertz CT molecular complexity index is 417. The summed E-state index contributed by atoms with van der Waals surface area (Å²) < 4.78 is 6.30. The van der Waals surface area contributed by atoms with Crippen LogP contribution in [0, 0.1) is 0 Å². The van der Waals surface area contributed by atoms with Crippen LogP contribution < -0.4 is 15.0 Å². The summed E-state index contributed by atoms with van der Waals surface area (Å²) in [6, 6.07) is 7.64. The zero-order valence-electron chi connectivity index (χ0n) is 11.9. The first-order valence-corrected chi connectivity index (χ1v) is 7.68. The number of benzene rings is 1. The molecular weight excluding hydrogens is 304 g/mol. The van der Waals surface area contributed by atoms with Crippen LogP contribution in [0.15, 0.2) is 22.7 Å². The average Bonchev–Trinajstić information content (AvgIpc) is 2.46. The molecule has 0 unspecified atom stereocenters. The van der Waals surface area contributed by atoms with Crippen LogP contribution in [-0.4, -0.2) is 33.3 Å². The molecule has 0 bridgehead atoms. The molecule has 1 saturated carbocycles. The lowest BCUT2D eigenvalue weighted by Crippen LogP contribution is -2.39. The third-order valence-electron chi connectivity index (χ3n) is 4.20. The Kier molecular flexibility index (Phi) is 5.11. The van der Waals surface area contributed by atoms with E-state index in [0.717, 1.165) is 10.2 Å². The molecule has 3 nitrogen and oxygen atoms in total. The molecule has 4 heteroatoms. The molecular formula is C15H23BrN2O. The molecule has 0 heterocycles. The Morgan fingerprint density at radius 1 is 1.26 bits per heavy atom. The summed E-state index contributed by atoms with van der Waals surface area (Å²) in [5, 5.41) is 3.38. The molecule has 0 aliphatic heterocycles. The second-order valence-corrected chi connectivity index (χ2v) is 6.08. The third kappa shape index (κ3) is 3.42. The van der Waals surface area contributed by atoms with Gasteiger partial charge < -0.3 is 15.0 Å². The van der Waals surface area contributed by atoms with Gasteiger partial charge in [-0.25, -0.2) is 0 Å². The van der Waals surface area contributed by atoms with E-state index in [4.69, 9.17) is 4.74 Å². The van der Waals surface area contributed by atoms with Crippen LogP contribution >= 0.6 is 15.9 Å². The summed E-state index contributed by atoms with van der Waals surface area (Å²) in [6.07, 6.45) is 5.04. The van der Waals surface area contributed by atoms with Gasteiger partial charge in [0.05, 0.1) is 11.6 Å². The van der Waals surface area contributed by atoms with Crippen molar-refractivity contribution in [2.45, 2.75) is 37.8 Å². The van der Waals surface area contributed by atoms with Gasteiger partial charge in [0, 0.05) is 24.8 Å². The molecule has 1 fully saturated rings. The minimum Gasteiger partial charge on any atom is -0.496 e. The first kappa shape index (κ1) is 14.7. The lowest BCUT2D eigenvalue weighted by atomic mass is 9.90. The number of methoxy groups -OCH3 is 1. The van der Waals surface area contributed by atoms with Crippen molar-refractivity contribution in [2.75, 3.05) is 26.1 Å². The van der Waals surface area contributed by atoms with Gasteiger partial charge in [-0.2, -0.15) is 0 Å². The fourth-order valence-electron chi connectivity index (χ4n) is 2.84. The van der Waals surface area contributed by atoms with Crippen molar-refractivity contribution in [3.63, 3.8) is 0 Å². The third-order valence-corrected chi connectivity index (χ3v) is 4.82. The Balaban J connectivity index is 2.03. The van der Waals surface area contributed by atoms with E-state index in [1.54, 1.807) is 7.11 Å². The fraction of sp³-hybridized carbons (Fsp3) is 0.600. The minimum atomic E-state index is 0.643. The van der Waals surface area contributed by atoms with Gasteiger partial charge in [-0.3, -0.25) is 0 Å². The lowest BCUT2D eigenvalue weighted by molar-refractivity contribution is 0.351. The highest BCUT2D eigenvalue weighted by Gasteiger charge is 2.23. The Labute approximate surface area is 124 Å². The van der Waals surface area contributed by atoms with Crippen molar-refractivity contribution in [1.82, 2.24) is 5.32 Å². The summed E-state index contributed by atoms with van der Waals surface area (Å²) >= 11 is 3.56. The molecule has 0 saturated heterocycles. The molecule has 0 atom stereocenters. The van der Waals surface area contributed by atoms with Crippen molar-refractivity contribution < 1.29 is 4.74 Å². The Morgan fingerprint density at radius 2 is 1.95 bits per heavy atom. The second kappa shape index (κ2) is 6.62. The van der Waals surface area contributed by atoms with Crippen LogP contribution in [0.4, 0.5) is 5.69 Å². The zero-order valence-corrected chi connectivity index (χ0v) is 13.5. The number of nitrogens with zero attached hydrogens (tertiary/aromatic N) is 1. The average molecular weight is 327 g/mol. The molecule has 2 rings (SSSR count). The first-order chi connectivity index (χ1) is 9.15. The molecule has 0 radical (unpaired) electrons. The first-order valence-electron chi connectivity index (χ1n) is 6.89. The van der Waals surface area contributed by atoms with Crippen molar-refractivity contribution in [3.8, 4) is 5.75 Å². The minimum absolute atomic E-state index is 0.643. The van der Waals surface area contributed by atoms with E-state index in [1.165, 1.54) is 31.4 Å². The zero-order chi connectivity index (χ0) is 13.8. The highest BCUT2D eigenvalue weighted by atomic mass is 79.9. The highest BCUT2D eigenvalue weighted by molar-refractivity contribution is 9.10. The molecule has 0 amide bonds. The molecule has 19 heavy (non-hydrogen) atoms. The quantitative estimate of drug-likeness (QED) is 0.917. The van der Waals surface area contributed by atoms with Crippen LogP contribution in [0.1, 0.15) is 25.7 Å². The van der Waals surface area contributed by atoms with E-state index in [1.807, 2.05) is 6.07 Å². The maximum Gasteiger partial charge on any atom is 0.133 e. The lowest BCUT2D eigenvalue weighted by Gasteiger charge is -2.36. The van der Waals surface area contributed by atoms with Gasteiger partial charge in [0.1, 0.15) is 5.75 Å². The van der Waals surface area contributed by atoms with E-state index in [2.05, 4.69) is 52.4 Å². The number of hydrogen-bond donors (Lipinski definition) is 1. The monoisotopic (exact) mass is 326 g/mol. The predicted octanol–water partition coefficient (Wildman–Crippen LogP) is 3.42. The predicted molar refractivity (Wildman–Crippen MR) is 84.2 cm³/mol. The number of hydrogen-bond acceptors (Lipinski definition) is 3. The maximum atomic E-state index is 5.28. The van der Waals surface area contributed by atoms with Crippen molar-refractivity contribution in [3.05, 3.63) is 22.7 Å². The standard InChI is InChI=1S/C15H23BrN2O/c1-17-11-4-6-12(7-5-11)18(2)13-8-9-15(19-3)14(16)10-13/h8-12,17H,4-7H2,1-3H3. The van der Waals surface area contributed by atoms with Gasteiger partial charge >= 0.3 is 0 Å². The number of nitrogens with one attached hydrogen (secondary N) is 1. The van der Waals surface area contributed by atoms with E-state index in [9.17, 15) is 0 Å². The number of halogens is 1. The molecule has 106 valence electrons. The summed E-state index contributed by atoms with van der Waals surface area (Å²) in [5.74, 6) is 0.885. The summed E-state index contributed by atoms with van der Waals surface area (Å²) in [6.45, 7) is 0. The molecule has 0 aromatic heterocycles. The summed E-state index contributed by atoms with van der Waals surface area (Å²) in [4.78, 5) is 2.40. The van der Waals surface area contributed by atoms with Crippen LogP contribution in [0.5, 0.6) is 5.75 Å². The molecule has 1 aromatic carbocycles. The van der Waals surface area contributed by atoms with Crippen LogP contribution in [0.25, 0.3) is 0 Å². The van der Waals surface area contributed by atoms with E-state index in [0.29, 0.717) is 12.1 Å². The normalized spacial score (nSPS) is 23.2. The van der Waals surface area contributed by atoms with Gasteiger partial charge in [0.2, 0.25) is 0 Å². The van der Waals surface area contributed by atoms with Gasteiger partial charge in [0.25, 0.3) is 0 Å². The summed E-state index contributed by atoms with van der Waals surface area (Å²) in [7, 11) is 5.95. The fourth-order valence-corrected chi connectivity index (χ4v) is 3.37. The number of ether oxygens (including phenoxy) is 1. The number of anilines is 1. The topological polar surface area (TPSA) is 24.5 Å². The van der Waals surface area contributed by atoms with E-state index >= 15 is 0 Å². The van der Waals surface area contributed by atoms with Gasteiger partial charge in [0.15, 0.2) is 0 Å². The van der Waals surface area contributed by atoms with E-state index in [-0.39, 0.29) is 0 Å². The smallest absolute Gasteiger partial charge is 0.133 e. The SMILES string of the molecule is CNC1CCC(N(C)c2ccc(OC)c(Br)c2)CC1. The van der Waals surface area contributed by atoms with Gasteiger partial charge in [-0.05, 0) is 66.9 Å². The molecule has 1 N–H and O–H groups in total. The maximum absolute atomic E-state index is 5.28. The van der Waals surface area contributed by atoms with Gasteiger partial charge in [-0.1, -0.05) is 0 Å². The van der Waals surface area contributed by atoms with Crippen molar-refractivity contribution in [2.24, 2.45) is 0 Å². The molecule has 1 aliphatic carbocycles. The Hall–Kier alpha value is -0.740. The van der Waals surface area contributed by atoms with Crippen LogP contribution in [0.3, 0.4) is 0 Å². The largest absolute Gasteiger partial charge is 0.496 e. The summed E-state index contributed by atoms with van der Waals surface area (Å²) in [5.41, 5.74) is 1.25. The molecule has 0 spiro atoms. The Morgan fingerprint density at radius 3 is 2.47 bits per heavy atom. The van der Waals surface area contributed by atoms with Gasteiger partial charge in [-0.15, -0.1) is 0 Å². The molecule has 1 aromatic rings. The molecule has 1 aliphatic rings.